The van der Waals surface area contributed by atoms with E-state index in [0.29, 0.717) is 5.02 Å². The summed E-state index contributed by atoms with van der Waals surface area (Å²) in [6, 6.07) is 14.5. The molecule has 0 spiro atoms. The zero-order chi connectivity index (χ0) is 19.3. The minimum Gasteiger partial charge on any atom is -0.352 e. The summed E-state index contributed by atoms with van der Waals surface area (Å²) in [5.41, 5.74) is 0.892. The number of nitrogens with one attached hydrogen (secondary N) is 2. The second-order valence-electron chi connectivity index (χ2n) is 6.81. The molecular formula is C20H23ClN2O3S. The highest BCUT2D eigenvalue weighted by Gasteiger charge is 2.28. The standard InChI is InChI=1S/C20H23ClN2O3S/c21-16-10-12-18(13-11-16)27(25,26)23-19(14-15-6-2-1-3-7-15)20(24)22-17-8-4-5-9-17/h1-3,6-7,10-13,17,19,23H,4-5,8-9,14H2,(H,22,24)/t19-/m0/s1. The van der Waals surface area contributed by atoms with Gasteiger partial charge in [0, 0.05) is 11.1 Å². The molecule has 2 N–H and O–H groups in total. The van der Waals surface area contributed by atoms with Crippen LogP contribution in [-0.4, -0.2) is 26.4 Å². The van der Waals surface area contributed by atoms with Crippen LogP contribution in [0.5, 0.6) is 0 Å². The maximum absolute atomic E-state index is 12.8. The smallest absolute Gasteiger partial charge is 0.241 e. The van der Waals surface area contributed by atoms with E-state index in [9.17, 15) is 13.2 Å². The Balaban J connectivity index is 1.79. The first-order chi connectivity index (χ1) is 12.9. The third-order valence-corrected chi connectivity index (χ3v) is 6.46. The Morgan fingerprint density at radius 3 is 2.30 bits per heavy atom. The van der Waals surface area contributed by atoms with E-state index in [0.717, 1.165) is 31.2 Å². The average molecular weight is 407 g/mol. The fourth-order valence-corrected chi connectivity index (χ4v) is 4.60. The molecule has 0 bridgehead atoms. The van der Waals surface area contributed by atoms with E-state index in [1.807, 2.05) is 30.3 Å². The van der Waals surface area contributed by atoms with Gasteiger partial charge in [0.15, 0.2) is 0 Å². The molecule has 1 atom stereocenters. The van der Waals surface area contributed by atoms with Crippen molar-refractivity contribution in [3.63, 3.8) is 0 Å². The maximum Gasteiger partial charge on any atom is 0.241 e. The van der Waals surface area contributed by atoms with Crippen molar-refractivity contribution in [1.82, 2.24) is 10.0 Å². The largest absolute Gasteiger partial charge is 0.352 e. The van der Waals surface area contributed by atoms with Gasteiger partial charge in [0.1, 0.15) is 6.04 Å². The highest BCUT2D eigenvalue weighted by atomic mass is 35.5. The second kappa shape index (κ2) is 8.87. The van der Waals surface area contributed by atoms with Gasteiger partial charge in [0.25, 0.3) is 0 Å². The molecule has 0 aliphatic heterocycles. The summed E-state index contributed by atoms with van der Waals surface area (Å²) in [6.07, 6.45) is 4.34. The SMILES string of the molecule is O=C(NC1CCCC1)[C@H](Cc1ccccc1)NS(=O)(=O)c1ccc(Cl)cc1. The molecule has 0 saturated heterocycles. The predicted molar refractivity (Wildman–Crippen MR) is 106 cm³/mol. The van der Waals surface area contributed by atoms with E-state index in [2.05, 4.69) is 10.0 Å². The highest BCUT2D eigenvalue weighted by Crippen LogP contribution is 2.19. The number of carbonyl (C=O) groups excluding carboxylic acids is 1. The molecule has 2 aromatic rings. The van der Waals surface area contributed by atoms with E-state index in [1.54, 1.807) is 0 Å². The summed E-state index contributed by atoms with van der Waals surface area (Å²) >= 11 is 5.84. The second-order valence-corrected chi connectivity index (χ2v) is 8.96. The minimum atomic E-state index is -3.84. The van der Waals surface area contributed by atoms with Crippen LogP contribution in [0.2, 0.25) is 5.02 Å². The van der Waals surface area contributed by atoms with Crippen molar-refractivity contribution < 1.29 is 13.2 Å². The first kappa shape index (κ1) is 19.9. The van der Waals surface area contributed by atoms with Gasteiger partial charge in [-0.2, -0.15) is 4.72 Å². The van der Waals surface area contributed by atoms with Gasteiger partial charge in [-0.1, -0.05) is 54.8 Å². The van der Waals surface area contributed by atoms with Crippen molar-refractivity contribution >= 4 is 27.5 Å². The van der Waals surface area contributed by atoms with Gasteiger partial charge in [-0.25, -0.2) is 8.42 Å². The molecule has 1 fully saturated rings. The summed E-state index contributed by atoms with van der Waals surface area (Å²) in [5.74, 6) is -0.289. The molecule has 1 amide bonds. The van der Waals surface area contributed by atoms with Gasteiger partial charge < -0.3 is 5.32 Å². The third-order valence-electron chi connectivity index (χ3n) is 4.72. The van der Waals surface area contributed by atoms with Crippen LogP contribution in [-0.2, 0) is 21.2 Å². The van der Waals surface area contributed by atoms with Crippen LogP contribution >= 0.6 is 11.6 Å². The first-order valence-electron chi connectivity index (χ1n) is 9.06. The molecule has 0 unspecified atom stereocenters. The Morgan fingerprint density at radius 2 is 1.67 bits per heavy atom. The zero-order valence-corrected chi connectivity index (χ0v) is 16.5. The fraction of sp³-hybridized carbons (Fsp3) is 0.350. The summed E-state index contributed by atoms with van der Waals surface area (Å²) in [7, 11) is -3.84. The molecule has 0 heterocycles. The predicted octanol–water partition coefficient (Wildman–Crippen LogP) is 3.29. The third kappa shape index (κ3) is 5.54. The lowest BCUT2D eigenvalue weighted by atomic mass is 10.1. The molecule has 27 heavy (non-hydrogen) atoms. The van der Waals surface area contributed by atoms with E-state index < -0.39 is 16.1 Å². The summed E-state index contributed by atoms with van der Waals surface area (Å²) in [4.78, 5) is 12.9. The van der Waals surface area contributed by atoms with Crippen LogP contribution in [0.3, 0.4) is 0 Å². The van der Waals surface area contributed by atoms with Crippen molar-refractivity contribution in [3.8, 4) is 0 Å². The molecular weight excluding hydrogens is 384 g/mol. The molecule has 1 aliphatic carbocycles. The molecule has 5 nitrogen and oxygen atoms in total. The first-order valence-corrected chi connectivity index (χ1v) is 10.9. The van der Waals surface area contributed by atoms with Crippen molar-refractivity contribution in [1.29, 1.82) is 0 Å². The minimum absolute atomic E-state index is 0.0821. The van der Waals surface area contributed by atoms with Gasteiger partial charge in [-0.15, -0.1) is 0 Å². The van der Waals surface area contributed by atoms with E-state index >= 15 is 0 Å². The van der Waals surface area contributed by atoms with Gasteiger partial charge >= 0.3 is 0 Å². The number of hydrogen-bond acceptors (Lipinski definition) is 3. The number of carbonyl (C=O) groups is 1. The van der Waals surface area contributed by atoms with Gasteiger partial charge in [0.05, 0.1) is 4.90 Å². The van der Waals surface area contributed by atoms with Crippen LogP contribution in [0, 0.1) is 0 Å². The molecule has 0 aromatic heterocycles. The molecule has 3 rings (SSSR count). The van der Waals surface area contributed by atoms with Crippen LogP contribution < -0.4 is 10.0 Å². The van der Waals surface area contributed by atoms with E-state index in [1.165, 1.54) is 24.3 Å². The van der Waals surface area contributed by atoms with Crippen LogP contribution in [0.4, 0.5) is 0 Å². The van der Waals surface area contributed by atoms with Gasteiger partial charge in [-0.3, -0.25) is 4.79 Å². The van der Waals surface area contributed by atoms with Gasteiger partial charge in [-0.05, 0) is 49.1 Å². The summed E-state index contributed by atoms with van der Waals surface area (Å²) in [6.45, 7) is 0. The lowest BCUT2D eigenvalue weighted by molar-refractivity contribution is -0.123. The highest BCUT2D eigenvalue weighted by molar-refractivity contribution is 7.89. The molecule has 7 heteroatoms. The van der Waals surface area contributed by atoms with Crippen LogP contribution in [0.25, 0.3) is 0 Å². The fourth-order valence-electron chi connectivity index (χ4n) is 3.28. The quantitative estimate of drug-likeness (QED) is 0.740. The Kier molecular flexibility index (Phi) is 6.52. The number of halogens is 1. The molecule has 2 aromatic carbocycles. The van der Waals surface area contributed by atoms with Gasteiger partial charge in [0.2, 0.25) is 15.9 Å². The summed E-state index contributed by atoms with van der Waals surface area (Å²) in [5, 5.41) is 3.45. The van der Waals surface area contributed by atoms with E-state index in [-0.39, 0.29) is 23.3 Å². The molecule has 1 saturated carbocycles. The monoisotopic (exact) mass is 406 g/mol. The Morgan fingerprint density at radius 1 is 1.04 bits per heavy atom. The average Bonchev–Trinajstić information content (AvgIpc) is 3.15. The van der Waals surface area contributed by atoms with Crippen LogP contribution in [0.1, 0.15) is 31.2 Å². The Labute approximate surface area is 165 Å². The normalized spacial score (nSPS) is 16.2. The van der Waals surface area contributed by atoms with Crippen LogP contribution in [0.15, 0.2) is 59.5 Å². The van der Waals surface area contributed by atoms with Crippen molar-refractivity contribution in [2.75, 3.05) is 0 Å². The van der Waals surface area contributed by atoms with Crippen molar-refractivity contribution in [2.24, 2.45) is 0 Å². The lowest BCUT2D eigenvalue weighted by Gasteiger charge is -2.21. The number of hydrogen-bond donors (Lipinski definition) is 2. The number of rotatable bonds is 7. The molecule has 144 valence electrons. The van der Waals surface area contributed by atoms with Crippen molar-refractivity contribution in [3.05, 3.63) is 65.2 Å². The Bertz CT molecular complexity index is 864. The Hall–Kier alpha value is -1.89. The number of sulfonamides is 1. The van der Waals surface area contributed by atoms with Crippen molar-refractivity contribution in [2.45, 2.75) is 49.1 Å². The molecule has 0 radical (unpaired) electrons. The summed E-state index contributed by atoms with van der Waals surface area (Å²) < 4.78 is 28.1. The lowest BCUT2D eigenvalue weighted by Crippen LogP contribution is -2.50. The topological polar surface area (TPSA) is 75.3 Å². The number of benzene rings is 2. The zero-order valence-electron chi connectivity index (χ0n) is 14.9. The number of amides is 1. The maximum atomic E-state index is 12.8. The molecule has 1 aliphatic rings. The van der Waals surface area contributed by atoms with E-state index in [4.69, 9.17) is 11.6 Å².